The molecule has 0 saturated carbocycles. The summed E-state index contributed by atoms with van der Waals surface area (Å²) in [7, 11) is 0. The van der Waals surface area contributed by atoms with Crippen molar-refractivity contribution >= 4 is 17.7 Å². The Morgan fingerprint density at radius 2 is 2.23 bits per heavy atom. The fourth-order valence-corrected chi connectivity index (χ4v) is 1.62. The van der Waals surface area contributed by atoms with E-state index in [-0.39, 0.29) is 0 Å². The van der Waals surface area contributed by atoms with Crippen molar-refractivity contribution in [3.05, 3.63) is 40.9 Å². The van der Waals surface area contributed by atoms with Crippen LogP contribution in [-0.2, 0) is 6.42 Å². The van der Waals surface area contributed by atoms with Gasteiger partial charge >= 0.3 is 0 Å². The molecule has 0 bridgehead atoms. The standard InChI is InChI=1S/C12H15Cl/c1-3-5-7-11-9-6-8-10(4-2)12(11)13/h4,6,8-9H,2-3,5,7H2,1H3. The minimum absolute atomic E-state index is 0.867. The second-order valence-corrected chi connectivity index (χ2v) is 3.51. The third-order valence-corrected chi connectivity index (χ3v) is 2.59. The van der Waals surface area contributed by atoms with E-state index in [4.69, 9.17) is 11.6 Å². The van der Waals surface area contributed by atoms with Gasteiger partial charge in [0.1, 0.15) is 0 Å². The molecule has 1 rings (SSSR count). The molecule has 70 valence electrons. The Morgan fingerprint density at radius 3 is 2.85 bits per heavy atom. The van der Waals surface area contributed by atoms with Gasteiger partial charge in [-0.05, 0) is 24.0 Å². The van der Waals surface area contributed by atoms with Gasteiger partial charge in [-0.2, -0.15) is 0 Å². The number of hydrogen-bond acceptors (Lipinski definition) is 0. The molecule has 0 amide bonds. The maximum atomic E-state index is 6.17. The normalized spacial score (nSPS) is 10.0. The minimum Gasteiger partial charge on any atom is -0.0984 e. The number of rotatable bonds is 4. The molecular formula is C12H15Cl. The summed E-state index contributed by atoms with van der Waals surface area (Å²) in [6, 6.07) is 6.11. The van der Waals surface area contributed by atoms with E-state index in [2.05, 4.69) is 19.6 Å². The Hall–Kier alpha value is -0.750. The molecule has 0 spiro atoms. The lowest BCUT2D eigenvalue weighted by atomic mass is 10.1. The van der Waals surface area contributed by atoms with E-state index in [1.54, 1.807) is 6.08 Å². The molecule has 0 fully saturated rings. The molecule has 1 heteroatoms. The van der Waals surface area contributed by atoms with E-state index in [9.17, 15) is 0 Å². The molecule has 0 N–H and O–H groups in total. The largest absolute Gasteiger partial charge is 0.0984 e. The van der Waals surface area contributed by atoms with E-state index in [0.29, 0.717) is 0 Å². The molecule has 1 aromatic carbocycles. The molecule has 0 unspecified atom stereocenters. The summed E-state index contributed by atoms with van der Waals surface area (Å²) in [5.74, 6) is 0. The number of benzene rings is 1. The first-order valence-corrected chi connectivity index (χ1v) is 5.07. The summed E-state index contributed by atoms with van der Waals surface area (Å²) >= 11 is 6.17. The van der Waals surface area contributed by atoms with Gasteiger partial charge in [0.25, 0.3) is 0 Å². The fraction of sp³-hybridized carbons (Fsp3) is 0.333. The molecule has 0 atom stereocenters. The van der Waals surface area contributed by atoms with Crippen molar-refractivity contribution in [1.82, 2.24) is 0 Å². The summed E-state index contributed by atoms with van der Waals surface area (Å²) in [5.41, 5.74) is 2.27. The predicted octanol–water partition coefficient (Wildman–Crippen LogP) is 4.33. The molecule has 0 nitrogen and oxygen atoms in total. The third-order valence-electron chi connectivity index (χ3n) is 2.13. The zero-order valence-corrected chi connectivity index (χ0v) is 8.77. The Bertz CT molecular complexity index is 289. The van der Waals surface area contributed by atoms with Gasteiger partial charge in [-0.1, -0.05) is 55.8 Å². The highest BCUT2D eigenvalue weighted by atomic mass is 35.5. The molecule has 0 aromatic heterocycles. The lowest BCUT2D eigenvalue weighted by Gasteiger charge is -2.05. The Balaban J connectivity index is 2.87. The summed E-state index contributed by atoms with van der Waals surface area (Å²) in [6.45, 7) is 5.91. The molecular weight excluding hydrogens is 180 g/mol. The van der Waals surface area contributed by atoms with Crippen LogP contribution in [0.3, 0.4) is 0 Å². The highest BCUT2D eigenvalue weighted by molar-refractivity contribution is 6.32. The second kappa shape index (κ2) is 5.08. The summed E-state index contributed by atoms with van der Waals surface area (Å²) in [6.07, 6.45) is 5.27. The zero-order valence-electron chi connectivity index (χ0n) is 8.02. The average Bonchev–Trinajstić information content (AvgIpc) is 2.16. The van der Waals surface area contributed by atoms with Gasteiger partial charge in [-0.15, -0.1) is 0 Å². The Morgan fingerprint density at radius 1 is 1.46 bits per heavy atom. The molecule has 0 aliphatic heterocycles. The first kappa shape index (κ1) is 10.3. The maximum absolute atomic E-state index is 6.17. The van der Waals surface area contributed by atoms with Crippen LogP contribution in [0.25, 0.3) is 6.08 Å². The lowest BCUT2D eigenvalue weighted by molar-refractivity contribution is 0.795. The highest BCUT2D eigenvalue weighted by Crippen LogP contribution is 2.23. The average molecular weight is 195 g/mol. The number of halogens is 1. The van der Waals surface area contributed by atoms with Crippen LogP contribution in [0.2, 0.25) is 5.02 Å². The predicted molar refractivity (Wildman–Crippen MR) is 60.2 cm³/mol. The van der Waals surface area contributed by atoms with Crippen molar-refractivity contribution in [2.24, 2.45) is 0 Å². The molecule has 0 aliphatic carbocycles. The lowest BCUT2D eigenvalue weighted by Crippen LogP contribution is -1.88. The number of hydrogen-bond donors (Lipinski definition) is 0. The molecule has 0 saturated heterocycles. The first-order chi connectivity index (χ1) is 6.29. The van der Waals surface area contributed by atoms with E-state index >= 15 is 0 Å². The summed E-state index contributed by atoms with van der Waals surface area (Å²) < 4.78 is 0. The highest BCUT2D eigenvalue weighted by Gasteiger charge is 2.02. The maximum Gasteiger partial charge on any atom is 0.0510 e. The van der Waals surface area contributed by atoms with Crippen LogP contribution in [0.15, 0.2) is 24.8 Å². The molecule has 0 heterocycles. The van der Waals surface area contributed by atoms with Gasteiger partial charge in [0.2, 0.25) is 0 Å². The van der Waals surface area contributed by atoms with Gasteiger partial charge in [0.15, 0.2) is 0 Å². The smallest absolute Gasteiger partial charge is 0.0510 e. The van der Waals surface area contributed by atoms with Gasteiger partial charge in [-0.3, -0.25) is 0 Å². The van der Waals surface area contributed by atoms with E-state index in [0.717, 1.165) is 17.0 Å². The van der Waals surface area contributed by atoms with Crippen LogP contribution in [-0.4, -0.2) is 0 Å². The van der Waals surface area contributed by atoms with E-state index in [1.165, 1.54) is 18.4 Å². The van der Waals surface area contributed by atoms with Crippen LogP contribution in [0.4, 0.5) is 0 Å². The quantitative estimate of drug-likeness (QED) is 0.670. The van der Waals surface area contributed by atoms with Crippen LogP contribution in [0.5, 0.6) is 0 Å². The summed E-state index contributed by atoms with van der Waals surface area (Å²) in [4.78, 5) is 0. The third kappa shape index (κ3) is 2.60. The topological polar surface area (TPSA) is 0 Å². The number of unbranched alkanes of at least 4 members (excludes halogenated alkanes) is 1. The van der Waals surface area contributed by atoms with Crippen molar-refractivity contribution in [2.45, 2.75) is 26.2 Å². The van der Waals surface area contributed by atoms with Gasteiger partial charge in [0, 0.05) is 0 Å². The van der Waals surface area contributed by atoms with Gasteiger partial charge in [-0.25, -0.2) is 0 Å². The Kier molecular flexibility index (Phi) is 4.04. The van der Waals surface area contributed by atoms with Crippen molar-refractivity contribution in [1.29, 1.82) is 0 Å². The van der Waals surface area contributed by atoms with Crippen LogP contribution < -0.4 is 0 Å². The monoisotopic (exact) mass is 194 g/mol. The first-order valence-electron chi connectivity index (χ1n) is 4.69. The van der Waals surface area contributed by atoms with Crippen LogP contribution in [0.1, 0.15) is 30.9 Å². The van der Waals surface area contributed by atoms with Crippen molar-refractivity contribution in [2.75, 3.05) is 0 Å². The summed E-state index contributed by atoms with van der Waals surface area (Å²) in [5, 5.41) is 0.867. The van der Waals surface area contributed by atoms with Gasteiger partial charge in [0.05, 0.1) is 5.02 Å². The molecule has 0 aliphatic rings. The van der Waals surface area contributed by atoms with Crippen molar-refractivity contribution < 1.29 is 0 Å². The minimum atomic E-state index is 0.867. The molecule has 1 aromatic rings. The molecule has 13 heavy (non-hydrogen) atoms. The fourth-order valence-electron chi connectivity index (χ4n) is 1.32. The van der Waals surface area contributed by atoms with Crippen LogP contribution in [0, 0.1) is 0 Å². The zero-order chi connectivity index (χ0) is 9.68. The number of aryl methyl sites for hydroxylation is 1. The Labute approximate surface area is 85.2 Å². The van der Waals surface area contributed by atoms with Crippen molar-refractivity contribution in [3.8, 4) is 0 Å². The van der Waals surface area contributed by atoms with E-state index < -0.39 is 0 Å². The molecule has 0 radical (unpaired) electrons. The second-order valence-electron chi connectivity index (χ2n) is 3.13. The van der Waals surface area contributed by atoms with E-state index in [1.807, 2.05) is 12.1 Å². The van der Waals surface area contributed by atoms with Crippen LogP contribution >= 0.6 is 11.6 Å². The van der Waals surface area contributed by atoms with Gasteiger partial charge < -0.3 is 0 Å². The SMILES string of the molecule is C=Cc1cccc(CCCC)c1Cl. The van der Waals surface area contributed by atoms with Crippen molar-refractivity contribution in [3.63, 3.8) is 0 Å².